The molecule has 0 bridgehead atoms. The molecule has 2 aromatic rings. The van der Waals surface area contributed by atoms with Gasteiger partial charge in [-0.05, 0) is 18.2 Å². The van der Waals surface area contributed by atoms with Crippen LogP contribution >= 0.6 is 11.6 Å². The minimum Gasteiger partial charge on any atom is -0.375 e. The number of halogens is 1. The molecule has 0 aliphatic rings. The van der Waals surface area contributed by atoms with Crippen LogP contribution in [0, 0.1) is 0 Å². The first-order valence-electron chi connectivity index (χ1n) is 6.70. The number of rotatable bonds is 8. The van der Waals surface area contributed by atoms with Crippen molar-refractivity contribution in [1.82, 2.24) is 20.3 Å². The van der Waals surface area contributed by atoms with Crippen LogP contribution in [0.5, 0.6) is 0 Å². The standard InChI is InChI=1S/C14H19ClN4O/c1-2-16-9-13-10-19(18-17-13)7-8-20-11-12-5-3-4-6-14(12)15/h3-6,10,16H,2,7-9,11H2,1H3. The molecule has 0 aliphatic heterocycles. The van der Waals surface area contributed by atoms with Gasteiger partial charge in [0.1, 0.15) is 0 Å². The van der Waals surface area contributed by atoms with Crippen molar-refractivity contribution in [2.75, 3.05) is 13.2 Å². The van der Waals surface area contributed by atoms with E-state index in [1.54, 1.807) is 4.68 Å². The summed E-state index contributed by atoms with van der Waals surface area (Å²) in [5.41, 5.74) is 1.94. The van der Waals surface area contributed by atoms with Crippen LogP contribution in [0.2, 0.25) is 5.02 Å². The van der Waals surface area contributed by atoms with Crippen molar-refractivity contribution in [2.45, 2.75) is 26.6 Å². The number of nitrogens with one attached hydrogen (secondary N) is 1. The Morgan fingerprint density at radius 1 is 1.35 bits per heavy atom. The summed E-state index contributed by atoms with van der Waals surface area (Å²) in [6.07, 6.45) is 1.93. The van der Waals surface area contributed by atoms with Gasteiger partial charge >= 0.3 is 0 Å². The summed E-state index contributed by atoms with van der Waals surface area (Å²) < 4.78 is 7.40. The van der Waals surface area contributed by atoms with Crippen LogP contribution in [0.25, 0.3) is 0 Å². The quantitative estimate of drug-likeness (QED) is 0.759. The maximum absolute atomic E-state index is 6.06. The smallest absolute Gasteiger partial charge is 0.0964 e. The molecule has 0 radical (unpaired) electrons. The van der Waals surface area contributed by atoms with Gasteiger partial charge in [-0.25, -0.2) is 4.68 Å². The second kappa shape index (κ2) is 7.99. The Kier molecular flexibility index (Phi) is 5.98. The van der Waals surface area contributed by atoms with E-state index in [0.717, 1.165) is 29.4 Å². The van der Waals surface area contributed by atoms with Crippen LogP contribution < -0.4 is 5.32 Å². The van der Waals surface area contributed by atoms with Gasteiger partial charge in [0.15, 0.2) is 0 Å². The van der Waals surface area contributed by atoms with Crippen molar-refractivity contribution in [1.29, 1.82) is 0 Å². The molecule has 0 saturated heterocycles. The zero-order valence-electron chi connectivity index (χ0n) is 11.6. The third-order valence-corrected chi connectivity index (χ3v) is 3.19. The SMILES string of the molecule is CCNCc1cn(CCOCc2ccccc2Cl)nn1. The number of aromatic nitrogens is 3. The maximum Gasteiger partial charge on any atom is 0.0964 e. The highest BCUT2D eigenvalue weighted by Gasteiger charge is 2.01. The first kappa shape index (κ1) is 15.0. The number of ether oxygens (including phenoxy) is 1. The van der Waals surface area contributed by atoms with Crippen LogP contribution in [0.4, 0.5) is 0 Å². The topological polar surface area (TPSA) is 52.0 Å². The lowest BCUT2D eigenvalue weighted by Gasteiger charge is -2.05. The summed E-state index contributed by atoms with van der Waals surface area (Å²) in [7, 11) is 0. The van der Waals surface area contributed by atoms with E-state index >= 15 is 0 Å². The summed E-state index contributed by atoms with van der Waals surface area (Å²) in [5.74, 6) is 0. The highest BCUT2D eigenvalue weighted by atomic mass is 35.5. The number of nitrogens with zero attached hydrogens (tertiary/aromatic N) is 3. The molecule has 0 aliphatic carbocycles. The zero-order chi connectivity index (χ0) is 14.2. The molecule has 5 nitrogen and oxygen atoms in total. The lowest BCUT2D eigenvalue weighted by atomic mass is 10.2. The molecule has 0 spiro atoms. The van der Waals surface area contributed by atoms with Crippen molar-refractivity contribution in [2.24, 2.45) is 0 Å². The van der Waals surface area contributed by atoms with E-state index in [9.17, 15) is 0 Å². The van der Waals surface area contributed by atoms with Gasteiger partial charge in [-0.15, -0.1) is 5.10 Å². The zero-order valence-corrected chi connectivity index (χ0v) is 12.3. The Morgan fingerprint density at radius 2 is 2.20 bits per heavy atom. The predicted octanol–water partition coefficient (Wildman–Crippen LogP) is 2.26. The van der Waals surface area contributed by atoms with Gasteiger partial charge in [-0.2, -0.15) is 0 Å². The van der Waals surface area contributed by atoms with E-state index in [0.29, 0.717) is 19.8 Å². The average Bonchev–Trinajstić information content (AvgIpc) is 2.91. The highest BCUT2D eigenvalue weighted by molar-refractivity contribution is 6.31. The summed E-state index contributed by atoms with van der Waals surface area (Å²) in [5, 5.41) is 12.1. The molecule has 108 valence electrons. The normalized spacial score (nSPS) is 10.9. The van der Waals surface area contributed by atoms with Crippen LogP contribution in [0.1, 0.15) is 18.2 Å². The fourth-order valence-corrected chi connectivity index (χ4v) is 1.93. The Bertz CT molecular complexity index is 529. The van der Waals surface area contributed by atoms with E-state index in [1.807, 2.05) is 30.5 Å². The first-order valence-corrected chi connectivity index (χ1v) is 7.08. The summed E-state index contributed by atoms with van der Waals surface area (Å²) in [6, 6.07) is 7.69. The van der Waals surface area contributed by atoms with Crippen LogP contribution in [0.3, 0.4) is 0 Å². The second-order valence-corrected chi connectivity index (χ2v) is 4.80. The average molecular weight is 295 g/mol. The van der Waals surface area contributed by atoms with Gasteiger partial charge in [-0.1, -0.05) is 41.9 Å². The van der Waals surface area contributed by atoms with Crippen molar-refractivity contribution in [3.8, 4) is 0 Å². The van der Waals surface area contributed by atoms with Gasteiger partial charge in [0, 0.05) is 17.8 Å². The number of hydrogen-bond donors (Lipinski definition) is 1. The van der Waals surface area contributed by atoms with E-state index in [4.69, 9.17) is 16.3 Å². The molecule has 0 amide bonds. The van der Waals surface area contributed by atoms with E-state index in [1.165, 1.54) is 0 Å². The van der Waals surface area contributed by atoms with Crippen molar-refractivity contribution >= 4 is 11.6 Å². The van der Waals surface area contributed by atoms with Gasteiger partial charge < -0.3 is 10.1 Å². The predicted molar refractivity (Wildman–Crippen MR) is 78.5 cm³/mol. The van der Waals surface area contributed by atoms with Crippen molar-refractivity contribution in [3.05, 3.63) is 46.7 Å². The Morgan fingerprint density at radius 3 is 3.00 bits per heavy atom. The fraction of sp³-hybridized carbons (Fsp3) is 0.429. The van der Waals surface area contributed by atoms with Crippen LogP contribution in [0.15, 0.2) is 30.5 Å². The largest absolute Gasteiger partial charge is 0.375 e. The van der Waals surface area contributed by atoms with Crippen LogP contribution in [-0.4, -0.2) is 28.1 Å². The summed E-state index contributed by atoms with van der Waals surface area (Å²) in [4.78, 5) is 0. The van der Waals surface area contributed by atoms with E-state index in [2.05, 4.69) is 22.6 Å². The molecule has 1 heterocycles. The minimum absolute atomic E-state index is 0.513. The molecule has 2 rings (SSSR count). The van der Waals surface area contributed by atoms with Crippen molar-refractivity contribution < 1.29 is 4.74 Å². The second-order valence-electron chi connectivity index (χ2n) is 4.40. The summed E-state index contributed by atoms with van der Waals surface area (Å²) >= 11 is 6.06. The molecule has 20 heavy (non-hydrogen) atoms. The Hall–Kier alpha value is -1.43. The van der Waals surface area contributed by atoms with Gasteiger partial charge in [0.25, 0.3) is 0 Å². The summed E-state index contributed by atoms with van der Waals surface area (Å²) in [6.45, 7) is 5.51. The molecule has 1 N–H and O–H groups in total. The van der Waals surface area contributed by atoms with E-state index in [-0.39, 0.29) is 0 Å². The minimum atomic E-state index is 0.513. The molecule has 1 aromatic carbocycles. The van der Waals surface area contributed by atoms with E-state index < -0.39 is 0 Å². The van der Waals surface area contributed by atoms with Crippen molar-refractivity contribution in [3.63, 3.8) is 0 Å². The maximum atomic E-state index is 6.06. The van der Waals surface area contributed by atoms with Crippen LogP contribution in [-0.2, 0) is 24.4 Å². The van der Waals surface area contributed by atoms with Gasteiger partial charge in [0.05, 0.1) is 25.5 Å². The number of benzene rings is 1. The fourth-order valence-electron chi connectivity index (χ4n) is 1.74. The lowest BCUT2D eigenvalue weighted by molar-refractivity contribution is 0.110. The third kappa shape index (κ3) is 4.59. The van der Waals surface area contributed by atoms with Gasteiger partial charge in [-0.3, -0.25) is 0 Å². The molecule has 0 unspecified atom stereocenters. The molecule has 0 atom stereocenters. The molecule has 0 fully saturated rings. The number of hydrogen-bond acceptors (Lipinski definition) is 4. The monoisotopic (exact) mass is 294 g/mol. The third-order valence-electron chi connectivity index (χ3n) is 2.82. The van der Waals surface area contributed by atoms with Gasteiger partial charge in [0.2, 0.25) is 0 Å². The molecular weight excluding hydrogens is 276 g/mol. The Balaban J connectivity index is 1.71. The molecule has 0 saturated carbocycles. The lowest BCUT2D eigenvalue weighted by Crippen LogP contribution is -2.11. The Labute approximate surface area is 123 Å². The molecule has 6 heteroatoms. The first-order chi connectivity index (χ1) is 9.79. The molecule has 1 aromatic heterocycles. The highest BCUT2D eigenvalue weighted by Crippen LogP contribution is 2.15. The molecular formula is C14H19ClN4O.